The van der Waals surface area contributed by atoms with Crippen LogP contribution in [0.3, 0.4) is 0 Å². The van der Waals surface area contributed by atoms with Crippen molar-refractivity contribution < 1.29 is 0 Å². The SMILES string of the molecule is C=CCNc1cnnc(NCCc2cccc(Cl)c2)n1. The molecule has 0 fully saturated rings. The van der Waals surface area contributed by atoms with Gasteiger partial charge in [0.1, 0.15) is 0 Å². The molecule has 1 aromatic carbocycles. The number of hydrogen-bond donors (Lipinski definition) is 2. The summed E-state index contributed by atoms with van der Waals surface area (Å²) in [4.78, 5) is 4.29. The molecular weight excluding hydrogens is 274 g/mol. The van der Waals surface area contributed by atoms with Gasteiger partial charge in [-0.2, -0.15) is 10.1 Å². The molecule has 0 radical (unpaired) electrons. The number of benzene rings is 1. The lowest BCUT2D eigenvalue weighted by Gasteiger charge is -2.06. The molecule has 0 amide bonds. The fourth-order valence-electron chi connectivity index (χ4n) is 1.65. The van der Waals surface area contributed by atoms with Crippen molar-refractivity contribution in [2.24, 2.45) is 0 Å². The number of hydrogen-bond acceptors (Lipinski definition) is 5. The summed E-state index contributed by atoms with van der Waals surface area (Å²) in [6.07, 6.45) is 4.17. The van der Waals surface area contributed by atoms with E-state index in [2.05, 4.69) is 32.4 Å². The highest BCUT2D eigenvalue weighted by molar-refractivity contribution is 6.30. The summed E-state index contributed by atoms with van der Waals surface area (Å²) in [7, 11) is 0. The minimum absolute atomic E-state index is 0.501. The van der Waals surface area contributed by atoms with Gasteiger partial charge in [-0.25, -0.2) is 0 Å². The molecule has 0 saturated heterocycles. The molecular formula is C14H16ClN5. The number of aromatic nitrogens is 3. The minimum Gasteiger partial charge on any atom is -0.365 e. The van der Waals surface area contributed by atoms with Crippen molar-refractivity contribution in [1.29, 1.82) is 0 Å². The second-order valence-corrected chi connectivity index (χ2v) is 4.58. The smallest absolute Gasteiger partial charge is 0.244 e. The number of nitrogens with zero attached hydrogens (tertiary/aromatic N) is 3. The number of anilines is 2. The molecule has 2 aromatic rings. The van der Waals surface area contributed by atoms with Crippen LogP contribution in [0.4, 0.5) is 11.8 Å². The molecule has 5 nitrogen and oxygen atoms in total. The van der Waals surface area contributed by atoms with Gasteiger partial charge in [0.25, 0.3) is 0 Å². The third kappa shape index (κ3) is 4.51. The standard InChI is InChI=1S/C14H16ClN5/c1-2-7-16-13-10-18-20-14(19-13)17-8-6-11-4-3-5-12(15)9-11/h2-5,9-10H,1,6-8H2,(H2,16,17,19,20). The van der Waals surface area contributed by atoms with E-state index in [-0.39, 0.29) is 0 Å². The van der Waals surface area contributed by atoms with Gasteiger partial charge in [-0.05, 0) is 24.1 Å². The second kappa shape index (κ2) is 7.45. The van der Waals surface area contributed by atoms with Crippen molar-refractivity contribution in [3.8, 4) is 0 Å². The van der Waals surface area contributed by atoms with Crippen LogP contribution in [0.15, 0.2) is 43.1 Å². The molecule has 0 unspecified atom stereocenters. The summed E-state index contributed by atoms with van der Waals surface area (Å²) in [5.41, 5.74) is 1.17. The normalized spacial score (nSPS) is 10.1. The predicted octanol–water partition coefficient (Wildman–Crippen LogP) is 2.78. The first-order chi connectivity index (χ1) is 9.78. The van der Waals surface area contributed by atoms with Crippen LogP contribution in [0.2, 0.25) is 5.02 Å². The van der Waals surface area contributed by atoms with Crippen LogP contribution < -0.4 is 10.6 Å². The summed E-state index contributed by atoms with van der Waals surface area (Å²) < 4.78 is 0. The fraction of sp³-hybridized carbons (Fsp3) is 0.214. The Bertz CT molecular complexity index is 573. The average molecular weight is 290 g/mol. The third-order valence-electron chi connectivity index (χ3n) is 2.57. The van der Waals surface area contributed by atoms with Gasteiger partial charge in [0.05, 0.1) is 6.20 Å². The molecule has 0 spiro atoms. The van der Waals surface area contributed by atoms with Crippen molar-refractivity contribution in [1.82, 2.24) is 15.2 Å². The number of rotatable bonds is 7. The van der Waals surface area contributed by atoms with Gasteiger partial charge in [-0.1, -0.05) is 29.8 Å². The summed E-state index contributed by atoms with van der Waals surface area (Å²) in [6.45, 7) is 4.99. The van der Waals surface area contributed by atoms with Crippen molar-refractivity contribution >= 4 is 23.4 Å². The van der Waals surface area contributed by atoms with Crippen LogP contribution in [0, 0.1) is 0 Å². The summed E-state index contributed by atoms with van der Waals surface area (Å²) >= 11 is 5.94. The van der Waals surface area contributed by atoms with E-state index in [1.165, 1.54) is 5.56 Å². The Hall–Kier alpha value is -2.14. The average Bonchev–Trinajstić information content (AvgIpc) is 2.46. The second-order valence-electron chi connectivity index (χ2n) is 4.14. The Kier molecular flexibility index (Phi) is 5.32. The zero-order valence-corrected chi connectivity index (χ0v) is 11.8. The first-order valence-electron chi connectivity index (χ1n) is 6.31. The van der Waals surface area contributed by atoms with E-state index in [4.69, 9.17) is 11.6 Å². The molecule has 0 aliphatic carbocycles. The number of nitrogens with one attached hydrogen (secondary N) is 2. The molecule has 104 valence electrons. The van der Waals surface area contributed by atoms with E-state index in [9.17, 15) is 0 Å². The van der Waals surface area contributed by atoms with Crippen LogP contribution >= 0.6 is 11.6 Å². The van der Waals surface area contributed by atoms with Gasteiger partial charge in [0.15, 0.2) is 5.82 Å². The van der Waals surface area contributed by atoms with Gasteiger partial charge in [-0.15, -0.1) is 11.7 Å². The molecule has 0 aliphatic rings. The molecule has 1 aromatic heterocycles. The molecule has 2 N–H and O–H groups in total. The summed E-state index contributed by atoms with van der Waals surface area (Å²) in [5.74, 6) is 1.17. The molecule has 20 heavy (non-hydrogen) atoms. The van der Waals surface area contributed by atoms with Gasteiger partial charge in [-0.3, -0.25) is 0 Å². The Labute approximate surface area is 123 Å². The molecule has 0 atom stereocenters. The van der Waals surface area contributed by atoms with E-state index in [1.54, 1.807) is 12.3 Å². The van der Waals surface area contributed by atoms with Gasteiger partial charge in [0, 0.05) is 18.1 Å². The molecule has 0 aliphatic heterocycles. The number of halogens is 1. The van der Waals surface area contributed by atoms with Crippen LogP contribution in [-0.2, 0) is 6.42 Å². The Morgan fingerprint density at radius 2 is 2.20 bits per heavy atom. The lowest BCUT2D eigenvalue weighted by Crippen LogP contribution is -2.10. The topological polar surface area (TPSA) is 62.7 Å². The van der Waals surface area contributed by atoms with Crippen LogP contribution in [0.5, 0.6) is 0 Å². The van der Waals surface area contributed by atoms with Crippen molar-refractivity contribution in [3.05, 3.63) is 53.7 Å². The maximum atomic E-state index is 5.94. The van der Waals surface area contributed by atoms with E-state index in [0.29, 0.717) is 24.9 Å². The Morgan fingerprint density at radius 3 is 3.00 bits per heavy atom. The maximum absolute atomic E-state index is 5.94. The largest absolute Gasteiger partial charge is 0.365 e. The molecule has 0 bridgehead atoms. The van der Waals surface area contributed by atoms with Gasteiger partial charge >= 0.3 is 0 Å². The highest BCUT2D eigenvalue weighted by Crippen LogP contribution is 2.11. The Morgan fingerprint density at radius 1 is 1.30 bits per heavy atom. The highest BCUT2D eigenvalue weighted by Gasteiger charge is 2.00. The van der Waals surface area contributed by atoms with E-state index >= 15 is 0 Å². The first kappa shape index (κ1) is 14.3. The van der Waals surface area contributed by atoms with Crippen molar-refractivity contribution in [2.45, 2.75) is 6.42 Å². The quantitative estimate of drug-likeness (QED) is 0.768. The maximum Gasteiger partial charge on any atom is 0.244 e. The predicted molar refractivity (Wildman–Crippen MR) is 82.2 cm³/mol. The van der Waals surface area contributed by atoms with Gasteiger partial charge < -0.3 is 10.6 Å². The van der Waals surface area contributed by atoms with Crippen molar-refractivity contribution in [3.63, 3.8) is 0 Å². The zero-order chi connectivity index (χ0) is 14.2. The molecule has 2 rings (SSSR count). The Balaban J connectivity index is 1.86. The molecule has 6 heteroatoms. The zero-order valence-electron chi connectivity index (χ0n) is 11.0. The third-order valence-corrected chi connectivity index (χ3v) is 2.81. The van der Waals surface area contributed by atoms with Crippen molar-refractivity contribution in [2.75, 3.05) is 23.7 Å². The summed E-state index contributed by atoms with van der Waals surface area (Å²) in [6, 6.07) is 7.79. The molecule has 0 saturated carbocycles. The molecule has 1 heterocycles. The van der Waals surface area contributed by atoms with Crippen LogP contribution in [0.25, 0.3) is 0 Å². The minimum atomic E-state index is 0.501. The van der Waals surface area contributed by atoms with Gasteiger partial charge in [0.2, 0.25) is 5.95 Å². The summed E-state index contributed by atoms with van der Waals surface area (Å²) in [5, 5.41) is 14.8. The van der Waals surface area contributed by atoms with E-state index in [1.807, 2.05) is 24.3 Å². The van der Waals surface area contributed by atoms with E-state index < -0.39 is 0 Å². The fourth-order valence-corrected chi connectivity index (χ4v) is 1.86. The highest BCUT2D eigenvalue weighted by atomic mass is 35.5. The lowest BCUT2D eigenvalue weighted by molar-refractivity contribution is 0.925. The monoisotopic (exact) mass is 289 g/mol. The van der Waals surface area contributed by atoms with Crippen LogP contribution in [-0.4, -0.2) is 28.3 Å². The lowest BCUT2D eigenvalue weighted by atomic mass is 10.1. The van der Waals surface area contributed by atoms with E-state index in [0.717, 1.165) is 11.4 Å². The first-order valence-corrected chi connectivity index (χ1v) is 6.68. The van der Waals surface area contributed by atoms with Crippen LogP contribution in [0.1, 0.15) is 5.56 Å².